The zero-order valence-corrected chi connectivity index (χ0v) is 17.2. The highest BCUT2D eigenvalue weighted by atomic mass is 32.1. The van der Waals surface area contributed by atoms with Crippen molar-refractivity contribution in [3.05, 3.63) is 51.4 Å². The van der Waals surface area contributed by atoms with Crippen molar-refractivity contribution in [2.45, 2.75) is 33.1 Å². The number of nitrogens with one attached hydrogen (secondary N) is 1. The second kappa shape index (κ2) is 9.62. The number of aromatic nitrogens is 2. The fourth-order valence-electron chi connectivity index (χ4n) is 2.58. The van der Waals surface area contributed by atoms with Crippen LogP contribution in [0.3, 0.4) is 0 Å². The number of rotatable bonds is 9. The van der Waals surface area contributed by atoms with Crippen molar-refractivity contribution in [3.8, 4) is 16.3 Å². The molecule has 3 rings (SSSR count). The van der Waals surface area contributed by atoms with Gasteiger partial charge < -0.3 is 10.1 Å². The molecule has 0 fully saturated rings. The number of thiazole rings is 2. The average molecular weight is 402 g/mol. The second-order valence-corrected chi connectivity index (χ2v) is 7.89. The first-order valence-corrected chi connectivity index (χ1v) is 10.8. The van der Waals surface area contributed by atoms with Crippen molar-refractivity contribution in [3.63, 3.8) is 0 Å². The molecule has 7 heteroatoms. The van der Waals surface area contributed by atoms with E-state index in [2.05, 4.69) is 20.7 Å². The number of nitrogens with zero attached hydrogens (tertiary/aromatic N) is 2. The van der Waals surface area contributed by atoms with Crippen LogP contribution in [-0.4, -0.2) is 29.0 Å². The lowest BCUT2D eigenvalue weighted by Crippen LogP contribution is -2.24. The maximum Gasteiger partial charge on any atom is 0.270 e. The SMILES string of the molecule is CCOc1ccc(-c2nc(C(=O)NCCCCc3nc(C)cs3)cs2)cc1. The summed E-state index contributed by atoms with van der Waals surface area (Å²) in [6, 6.07) is 7.77. The van der Waals surface area contributed by atoms with E-state index in [0.29, 0.717) is 18.8 Å². The number of hydrogen-bond acceptors (Lipinski definition) is 6. The first-order chi connectivity index (χ1) is 13.2. The van der Waals surface area contributed by atoms with Gasteiger partial charge in [0, 0.05) is 28.6 Å². The normalized spacial score (nSPS) is 10.7. The summed E-state index contributed by atoms with van der Waals surface area (Å²) in [7, 11) is 0. The minimum Gasteiger partial charge on any atom is -0.494 e. The van der Waals surface area contributed by atoms with Gasteiger partial charge in [-0.05, 0) is 57.4 Å². The predicted molar refractivity (Wildman–Crippen MR) is 111 cm³/mol. The van der Waals surface area contributed by atoms with Gasteiger partial charge in [-0.3, -0.25) is 4.79 Å². The Hall–Kier alpha value is -2.25. The van der Waals surface area contributed by atoms with Crippen LogP contribution in [0.15, 0.2) is 35.0 Å². The first-order valence-electron chi connectivity index (χ1n) is 9.03. The molecule has 1 N–H and O–H groups in total. The van der Waals surface area contributed by atoms with Crippen LogP contribution in [0.1, 0.15) is 41.0 Å². The van der Waals surface area contributed by atoms with E-state index in [1.54, 1.807) is 16.7 Å². The van der Waals surface area contributed by atoms with Crippen LogP contribution in [0.25, 0.3) is 10.6 Å². The van der Waals surface area contributed by atoms with E-state index in [0.717, 1.165) is 41.3 Å². The molecule has 0 radical (unpaired) electrons. The van der Waals surface area contributed by atoms with E-state index in [4.69, 9.17) is 4.74 Å². The maximum absolute atomic E-state index is 12.3. The molecule has 0 saturated carbocycles. The summed E-state index contributed by atoms with van der Waals surface area (Å²) in [5.41, 5.74) is 2.54. The molecule has 1 aromatic carbocycles. The molecule has 0 saturated heterocycles. The Morgan fingerprint density at radius 2 is 1.93 bits per heavy atom. The van der Waals surface area contributed by atoms with Gasteiger partial charge in [0.15, 0.2) is 0 Å². The summed E-state index contributed by atoms with van der Waals surface area (Å²) in [5.74, 6) is 0.720. The third-order valence-corrected chi connectivity index (χ3v) is 5.84. The average Bonchev–Trinajstić information content (AvgIpc) is 3.32. The van der Waals surface area contributed by atoms with Crippen molar-refractivity contribution in [1.82, 2.24) is 15.3 Å². The van der Waals surface area contributed by atoms with E-state index in [-0.39, 0.29) is 5.91 Å². The van der Waals surface area contributed by atoms with E-state index < -0.39 is 0 Å². The summed E-state index contributed by atoms with van der Waals surface area (Å²) >= 11 is 3.17. The van der Waals surface area contributed by atoms with Crippen LogP contribution in [0, 0.1) is 6.92 Å². The first kappa shape index (κ1) is 19.5. The van der Waals surface area contributed by atoms with E-state index in [1.165, 1.54) is 16.3 Å². The van der Waals surface area contributed by atoms with E-state index in [9.17, 15) is 4.79 Å². The van der Waals surface area contributed by atoms with Crippen molar-refractivity contribution < 1.29 is 9.53 Å². The molecule has 142 valence electrons. The Labute approximate surface area is 167 Å². The molecular weight excluding hydrogens is 378 g/mol. The number of benzene rings is 1. The smallest absolute Gasteiger partial charge is 0.270 e. The number of amides is 1. The molecule has 0 aliphatic rings. The Kier molecular flexibility index (Phi) is 6.95. The van der Waals surface area contributed by atoms with Crippen LogP contribution in [-0.2, 0) is 6.42 Å². The Bertz CT molecular complexity index is 871. The highest BCUT2D eigenvalue weighted by molar-refractivity contribution is 7.13. The van der Waals surface area contributed by atoms with Crippen molar-refractivity contribution in [2.75, 3.05) is 13.2 Å². The minimum absolute atomic E-state index is 0.117. The topological polar surface area (TPSA) is 64.1 Å². The van der Waals surface area contributed by atoms with Gasteiger partial charge in [-0.2, -0.15) is 0 Å². The lowest BCUT2D eigenvalue weighted by atomic mass is 10.2. The largest absolute Gasteiger partial charge is 0.494 e. The third-order valence-electron chi connectivity index (χ3n) is 3.92. The van der Waals surface area contributed by atoms with Gasteiger partial charge in [-0.15, -0.1) is 22.7 Å². The van der Waals surface area contributed by atoms with Gasteiger partial charge in [-0.1, -0.05) is 0 Å². The summed E-state index contributed by atoms with van der Waals surface area (Å²) in [4.78, 5) is 21.2. The zero-order valence-electron chi connectivity index (χ0n) is 15.5. The number of hydrogen-bond donors (Lipinski definition) is 1. The summed E-state index contributed by atoms with van der Waals surface area (Å²) in [6.45, 7) is 5.26. The Morgan fingerprint density at radius 1 is 1.11 bits per heavy atom. The zero-order chi connectivity index (χ0) is 19.1. The highest BCUT2D eigenvalue weighted by Crippen LogP contribution is 2.25. The van der Waals surface area contributed by atoms with Gasteiger partial charge in [0.25, 0.3) is 5.91 Å². The summed E-state index contributed by atoms with van der Waals surface area (Å²) in [6.07, 6.45) is 2.91. The number of carbonyl (C=O) groups excluding carboxylic acids is 1. The van der Waals surface area contributed by atoms with Crippen LogP contribution in [0.5, 0.6) is 5.75 Å². The molecule has 0 aliphatic carbocycles. The molecule has 27 heavy (non-hydrogen) atoms. The van der Waals surface area contributed by atoms with Crippen molar-refractivity contribution >= 4 is 28.6 Å². The van der Waals surface area contributed by atoms with Crippen LogP contribution >= 0.6 is 22.7 Å². The minimum atomic E-state index is -0.117. The third kappa shape index (κ3) is 5.61. The molecule has 0 aliphatic heterocycles. The van der Waals surface area contributed by atoms with Crippen molar-refractivity contribution in [1.29, 1.82) is 0 Å². The molecule has 3 aromatic rings. The van der Waals surface area contributed by atoms with Crippen LogP contribution < -0.4 is 10.1 Å². The number of unbranched alkanes of at least 4 members (excludes halogenated alkanes) is 1. The monoisotopic (exact) mass is 401 g/mol. The molecule has 0 bridgehead atoms. The van der Waals surface area contributed by atoms with E-state index in [1.807, 2.05) is 38.1 Å². The number of ether oxygens (including phenoxy) is 1. The quantitative estimate of drug-likeness (QED) is 0.527. The standard InChI is InChI=1S/C20H23N3O2S2/c1-3-25-16-9-7-15(8-10-16)20-23-17(13-27-20)19(24)21-11-5-4-6-18-22-14(2)12-26-18/h7-10,12-13H,3-6,11H2,1-2H3,(H,21,24). The molecule has 0 spiro atoms. The Balaban J connectivity index is 1.45. The molecule has 2 heterocycles. The summed E-state index contributed by atoms with van der Waals surface area (Å²) < 4.78 is 5.45. The molecule has 0 unspecified atom stereocenters. The second-order valence-electron chi connectivity index (χ2n) is 6.09. The lowest BCUT2D eigenvalue weighted by Gasteiger charge is -2.03. The molecule has 1 amide bonds. The fraction of sp³-hybridized carbons (Fsp3) is 0.350. The number of aryl methyl sites for hydroxylation is 2. The van der Waals surface area contributed by atoms with Gasteiger partial charge in [0.05, 0.1) is 11.6 Å². The molecule has 0 atom stereocenters. The summed E-state index contributed by atoms with van der Waals surface area (Å²) in [5, 5.41) is 8.83. The number of carbonyl (C=O) groups is 1. The fourth-order valence-corrected chi connectivity index (χ4v) is 4.21. The van der Waals surface area contributed by atoms with Gasteiger partial charge in [-0.25, -0.2) is 9.97 Å². The molecule has 5 nitrogen and oxygen atoms in total. The molecule has 2 aromatic heterocycles. The maximum atomic E-state index is 12.3. The Morgan fingerprint density at radius 3 is 2.63 bits per heavy atom. The van der Waals surface area contributed by atoms with Crippen molar-refractivity contribution in [2.24, 2.45) is 0 Å². The molecular formula is C20H23N3O2S2. The van der Waals surface area contributed by atoms with Crippen LogP contribution in [0.2, 0.25) is 0 Å². The van der Waals surface area contributed by atoms with Gasteiger partial charge in [0.1, 0.15) is 16.5 Å². The van der Waals surface area contributed by atoms with Gasteiger partial charge in [0.2, 0.25) is 0 Å². The predicted octanol–water partition coefficient (Wildman–Crippen LogP) is 4.73. The lowest BCUT2D eigenvalue weighted by molar-refractivity contribution is 0.0949. The highest BCUT2D eigenvalue weighted by Gasteiger charge is 2.11. The van der Waals surface area contributed by atoms with Crippen LogP contribution in [0.4, 0.5) is 0 Å². The van der Waals surface area contributed by atoms with Gasteiger partial charge >= 0.3 is 0 Å². The van der Waals surface area contributed by atoms with E-state index >= 15 is 0 Å².